The van der Waals surface area contributed by atoms with Crippen molar-refractivity contribution in [3.63, 3.8) is 0 Å². The number of rotatable bonds is 8. The summed E-state index contributed by atoms with van der Waals surface area (Å²) in [5, 5.41) is 11.9. The number of urea groups is 1. The number of aliphatic imine (C=N–C) groups is 1. The highest BCUT2D eigenvalue weighted by Crippen LogP contribution is 2.29. The molecule has 3 fully saturated rings. The topological polar surface area (TPSA) is 160 Å². The van der Waals surface area contributed by atoms with Crippen molar-refractivity contribution in [1.82, 2.24) is 10.2 Å². The Morgan fingerprint density at radius 3 is 1.75 bits per heavy atom. The van der Waals surface area contributed by atoms with Gasteiger partial charge in [-0.05, 0) is 111 Å². The lowest BCUT2D eigenvalue weighted by molar-refractivity contribution is -0.117. The SMILES string of the molecule is C1CCOC1.Cc1ccc(N=C=O)cc1.Cc1ccc(NC(=O)N2CC(COc3ccc4c(c3)CCC(=O)N4)C2)cc1.O=C1CCc2cc(OCC3CNC3)ccc2N1. The predicted octanol–water partition coefficient (Wildman–Crippen LogP) is 7.35. The lowest BCUT2D eigenvalue weighted by atomic mass is 10.0. The van der Waals surface area contributed by atoms with Gasteiger partial charge in [0.2, 0.25) is 17.9 Å². The molecule has 0 radical (unpaired) electrons. The number of aryl methyl sites for hydroxylation is 4. The second-order valence-corrected chi connectivity index (χ2v) is 15.3. The van der Waals surface area contributed by atoms with E-state index in [1.165, 1.54) is 30.0 Å². The fourth-order valence-electron chi connectivity index (χ4n) is 6.66. The Morgan fingerprint density at radius 2 is 1.27 bits per heavy atom. The molecule has 4 aromatic carbocycles. The number of amides is 4. The highest BCUT2D eigenvalue weighted by molar-refractivity contribution is 5.94. The first-order chi connectivity index (χ1) is 28.7. The van der Waals surface area contributed by atoms with Crippen LogP contribution in [0, 0.1) is 25.7 Å². The summed E-state index contributed by atoms with van der Waals surface area (Å²) in [6, 6.07) is 26.7. The number of hydrogen-bond acceptors (Lipinski definition) is 9. The van der Waals surface area contributed by atoms with Gasteiger partial charge in [-0.15, -0.1) is 0 Å². The summed E-state index contributed by atoms with van der Waals surface area (Å²) >= 11 is 0. The summed E-state index contributed by atoms with van der Waals surface area (Å²) in [5.74, 6) is 2.87. The van der Waals surface area contributed by atoms with E-state index in [4.69, 9.17) is 14.2 Å². The zero-order valence-corrected chi connectivity index (χ0v) is 33.9. The Hall–Kier alpha value is -6.01. The third-order valence-corrected chi connectivity index (χ3v) is 10.4. The number of ether oxygens (including phenoxy) is 3. The van der Waals surface area contributed by atoms with E-state index in [1.54, 1.807) is 17.0 Å². The van der Waals surface area contributed by atoms with Gasteiger partial charge in [-0.1, -0.05) is 35.4 Å². The third-order valence-electron chi connectivity index (χ3n) is 10.4. The Labute approximate surface area is 345 Å². The Morgan fingerprint density at radius 1 is 0.746 bits per heavy atom. The standard InChI is InChI=1S/C21H23N3O3.C13H16N2O2.C8H7NO.C4H8O/c1-14-2-5-17(6-3-14)22-21(26)24-11-15(12-24)13-27-18-7-8-19-16(10-18)4-9-20(25)23-19;16-13-4-1-10-5-11(2-3-12(10)15-13)17-8-9-6-14-7-9;1-7-2-4-8(5-3-7)9-6-10;1-2-4-5-3-1/h2-3,5-8,10,15H,4,9,11-13H2,1H3,(H,22,26)(H,23,25);2-3,5,9,14H,1,4,6-8H2,(H,15,16);2-5H,1H3;1-4H2. The highest BCUT2D eigenvalue weighted by Gasteiger charge is 2.31. The minimum absolute atomic E-state index is 0.0645. The van der Waals surface area contributed by atoms with Crippen LogP contribution in [0.5, 0.6) is 11.5 Å². The Bertz CT molecular complexity index is 2060. The van der Waals surface area contributed by atoms with Gasteiger partial charge >= 0.3 is 6.03 Å². The van der Waals surface area contributed by atoms with Gasteiger partial charge in [-0.25, -0.2) is 9.59 Å². The molecule has 13 heteroatoms. The number of likely N-dealkylation sites (tertiary alicyclic amines) is 1. The molecule has 310 valence electrons. The normalized spacial score (nSPS) is 16.4. The Balaban J connectivity index is 0.000000154. The largest absolute Gasteiger partial charge is 0.493 e. The van der Waals surface area contributed by atoms with Crippen LogP contribution in [0.1, 0.15) is 47.9 Å². The first kappa shape index (κ1) is 42.6. The number of fused-ring (bicyclic) bond motifs is 2. The van der Waals surface area contributed by atoms with Gasteiger partial charge in [-0.3, -0.25) is 9.59 Å². The summed E-state index contributed by atoms with van der Waals surface area (Å²) < 4.78 is 16.6. The van der Waals surface area contributed by atoms with E-state index >= 15 is 0 Å². The number of benzene rings is 4. The minimum Gasteiger partial charge on any atom is -0.493 e. The van der Waals surface area contributed by atoms with Crippen LogP contribution in [-0.4, -0.2) is 81.4 Å². The maximum absolute atomic E-state index is 12.2. The molecule has 3 saturated heterocycles. The van der Waals surface area contributed by atoms with Gasteiger partial charge < -0.3 is 40.4 Å². The van der Waals surface area contributed by atoms with E-state index in [2.05, 4.69) is 26.3 Å². The van der Waals surface area contributed by atoms with E-state index < -0.39 is 0 Å². The molecule has 0 aliphatic carbocycles. The fraction of sp³-hybridized carbons (Fsp3) is 0.391. The molecule has 4 N–H and O–H groups in total. The molecule has 4 aromatic rings. The van der Waals surface area contributed by atoms with Crippen molar-refractivity contribution in [1.29, 1.82) is 0 Å². The predicted molar refractivity (Wildman–Crippen MR) is 228 cm³/mol. The molecule has 5 aliphatic heterocycles. The van der Waals surface area contributed by atoms with E-state index in [1.807, 2.05) is 86.6 Å². The molecule has 0 bridgehead atoms. The van der Waals surface area contributed by atoms with Gasteiger partial charge in [0.05, 0.1) is 18.9 Å². The van der Waals surface area contributed by atoms with Crippen LogP contribution in [-0.2, 0) is 32.0 Å². The molecular formula is C46H54N6O7. The molecule has 0 aromatic heterocycles. The van der Waals surface area contributed by atoms with Gasteiger partial charge in [0.25, 0.3) is 0 Å². The summed E-state index contributed by atoms with van der Waals surface area (Å²) in [6.07, 6.45) is 6.68. The molecule has 5 aliphatic rings. The van der Waals surface area contributed by atoms with Crippen molar-refractivity contribution in [2.24, 2.45) is 16.8 Å². The van der Waals surface area contributed by atoms with Crippen LogP contribution < -0.4 is 30.7 Å². The van der Waals surface area contributed by atoms with Crippen LogP contribution in [0.25, 0.3) is 0 Å². The second-order valence-electron chi connectivity index (χ2n) is 15.3. The highest BCUT2D eigenvalue weighted by atomic mass is 16.5. The zero-order chi connectivity index (χ0) is 41.4. The molecule has 0 spiro atoms. The van der Waals surface area contributed by atoms with E-state index in [-0.39, 0.29) is 17.8 Å². The van der Waals surface area contributed by atoms with Crippen molar-refractivity contribution in [3.8, 4) is 11.5 Å². The van der Waals surface area contributed by atoms with Gasteiger partial charge in [0.15, 0.2) is 0 Å². The van der Waals surface area contributed by atoms with Crippen LogP contribution >= 0.6 is 0 Å². The molecular weight excluding hydrogens is 749 g/mol. The average molecular weight is 803 g/mol. The number of nitrogens with one attached hydrogen (secondary N) is 4. The molecule has 0 saturated carbocycles. The number of anilines is 3. The van der Waals surface area contributed by atoms with Crippen LogP contribution in [0.4, 0.5) is 27.5 Å². The summed E-state index contributed by atoms with van der Waals surface area (Å²) in [4.78, 5) is 49.9. The molecule has 13 nitrogen and oxygen atoms in total. The van der Waals surface area contributed by atoms with Gasteiger partial charge in [-0.2, -0.15) is 4.99 Å². The van der Waals surface area contributed by atoms with E-state index in [0.29, 0.717) is 50.1 Å². The monoisotopic (exact) mass is 802 g/mol. The van der Waals surface area contributed by atoms with Crippen molar-refractivity contribution in [2.75, 3.05) is 68.6 Å². The van der Waals surface area contributed by atoms with Gasteiger partial charge in [0, 0.05) is 81.1 Å². The quantitative estimate of drug-likeness (QED) is 0.106. The number of nitrogens with zero attached hydrogens (tertiary/aromatic N) is 2. The molecule has 0 atom stereocenters. The number of carbonyl (C=O) groups excluding carboxylic acids is 4. The maximum atomic E-state index is 12.2. The molecule has 9 rings (SSSR count). The zero-order valence-electron chi connectivity index (χ0n) is 33.9. The summed E-state index contributed by atoms with van der Waals surface area (Å²) in [6.45, 7) is 10.9. The van der Waals surface area contributed by atoms with E-state index in [0.717, 1.165) is 85.4 Å². The number of isocyanates is 1. The molecule has 4 amide bonds. The van der Waals surface area contributed by atoms with Gasteiger partial charge in [0.1, 0.15) is 11.5 Å². The van der Waals surface area contributed by atoms with Crippen LogP contribution in [0.2, 0.25) is 0 Å². The fourth-order valence-corrected chi connectivity index (χ4v) is 6.66. The molecule has 0 unspecified atom stereocenters. The molecule has 59 heavy (non-hydrogen) atoms. The van der Waals surface area contributed by atoms with E-state index in [9.17, 15) is 19.2 Å². The smallest absolute Gasteiger partial charge is 0.321 e. The lowest BCUT2D eigenvalue weighted by Crippen LogP contribution is -2.53. The van der Waals surface area contributed by atoms with Crippen molar-refractivity contribution >= 4 is 46.7 Å². The minimum atomic E-state index is -0.0698. The number of carbonyl (C=O) groups is 3. The first-order valence-electron chi connectivity index (χ1n) is 20.4. The van der Waals surface area contributed by atoms with Crippen molar-refractivity contribution in [2.45, 2.75) is 52.4 Å². The van der Waals surface area contributed by atoms with Crippen molar-refractivity contribution < 1.29 is 33.4 Å². The third kappa shape index (κ3) is 13.5. The number of hydrogen-bond donors (Lipinski definition) is 4. The second kappa shape index (κ2) is 21.7. The van der Waals surface area contributed by atoms with Crippen molar-refractivity contribution in [3.05, 3.63) is 107 Å². The van der Waals surface area contributed by atoms with Crippen LogP contribution in [0.15, 0.2) is 89.9 Å². The summed E-state index contributed by atoms with van der Waals surface area (Å²) in [5.41, 5.74) is 7.88. The lowest BCUT2D eigenvalue weighted by Gasteiger charge is -2.38. The average Bonchev–Trinajstić information content (AvgIpc) is 3.80. The maximum Gasteiger partial charge on any atom is 0.321 e. The molecule has 5 heterocycles. The summed E-state index contributed by atoms with van der Waals surface area (Å²) in [7, 11) is 0. The van der Waals surface area contributed by atoms with Crippen LogP contribution in [0.3, 0.4) is 0 Å². The first-order valence-corrected chi connectivity index (χ1v) is 20.4. The Kier molecular flexibility index (Phi) is 15.6.